The summed E-state index contributed by atoms with van der Waals surface area (Å²) in [6.07, 6.45) is -4.38. The van der Waals surface area contributed by atoms with E-state index in [9.17, 15) is 18.0 Å². The third kappa shape index (κ3) is 6.48. The SMILES string of the molecule is O=C(COCCC(F)(F)F)N1CCCNCC1. The number of halogens is 3. The number of amides is 1. The molecule has 1 saturated heterocycles. The molecule has 0 saturated carbocycles. The Labute approximate surface area is 98.1 Å². The number of rotatable bonds is 4. The Hall–Kier alpha value is -0.820. The van der Waals surface area contributed by atoms with E-state index in [-0.39, 0.29) is 12.5 Å². The Morgan fingerprint density at radius 2 is 2.06 bits per heavy atom. The number of hydrogen-bond acceptors (Lipinski definition) is 3. The summed E-state index contributed by atoms with van der Waals surface area (Å²) in [5.41, 5.74) is 0. The minimum Gasteiger partial charge on any atom is -0.371 e. The fraction of sp³-hybridized carbons (Fsp3) is 0.900. The lowest BCUT2D eigenvalue weighted by atomic mass is 10.4. The van der Waals surface area contributed by atoms with Crippen LogP contribution in [0.3, 0.4) is 0 Å². The van der Waals surface area contributed by atoms with Gasteiger partial charge in [0.05, 0.1) is 13.0 Å². The van der Waals surface area contributed by atoms with Crippen LogP contribution in [-0.2, 0) is 9.53 Å². The van der Waals surface area contributed by atoms with E-state index in [1.807, 2.05) is 0 Å². The first-order valence-corrected chi connectivity index (χ1v) is 5.62. The predicted molar refractivity (Wildman–Crippen MR) is 55.6 cm³/mol. The van der Waals surface area contributed by atoms with Gasteiger partial charge in [0.2, 0.25) is 5.91 Å². The van der Waals surface area contributed by atoms with E-state index < -0.39 is 19.2 Å². The monoisotopic (exact) mass is 254 g/mol. The zero-order valence-corrected chi connectivity index (χ0v) is 9.55. The van der Waals surface area contributed by atoms with Crippen LogP contribution in [0.5, 0.6) is 0 Å². The number of alkyl halides is 3. The summed E-state index contributed by atoms with van der Waals surface area (Å²) in [5, 5.41) is 3.14. The van der Waals surface area contributed by atoms with Crippen molar-refractivity contribution in [3.05, 3.63) is 0 Å². The van der Waals surface area contributed by atoms with Crippen LogP contribution in [0.1, 0.15) is 12.8 Å². The summed E-state index contributed by atoms with van der Waals surface area (Å²) in [7, 11) is 0. The molecule has 7 heteroatoms. The second kappa shape index (κ2) is 6.80. The van der Waals surface area contributed by atoms with Gasteiger partial charge in [0, 0.05) is 19.6 Å². The molecule has 1 heterocycles. The summed E-state index contributed by atoms with van der Waals surface area (Å²) in [6.45, 7) is 2.07. The van der Waals surface area contributed by atoms with Gasteiger partial charge in [0.15, 0.2) is 0 Å². The zero-order chi connectivity index (χ0) is 12.7. The van der Waals surface area contributed by atoms with Crippen LogP contribution in [0.15, 0.2) is 0 Å². The smallest absolute Gasteiger partial charge is 0.371 e. The second-order valence-electron chi connectivity index (χ2n) is 3.90. The Morgan fingerprint density at radius 3 is 2.76 bits per heavy atom. The van der Waals surface area contributed by atoms with Gasteiger partial charge < -0.3 is 15.0 Å². The van der Waals surface area contributed by atoms with Crippen molar-refractivity contribution in [2.75, 3.05) is 39.4 Å². The molecule has 0 aromatic carbocycles. The fourth-order valence-electron chi connectivity index (χ4n) is 1.53. The minimum atomic E-state index is -4.23. The van der Waals surface area contributed by atoms with Crippen LogP contribution in [0.4, 0.5) is 13.2 Å². The molecule has 0 aromatic heterocycles. The van der Waals surface area contributed by atoms with Crippen molar-refractivity contribution < 1.29 is 22.7 Å². The summed E-state index contributed by atoms with van der Waals surface area (Å²) in [4.78, 5) is 13.2. The van der Waals surface area contributed by atoms with Crippen LogP contribution < -0.4 is 5.32 Å². The van der Waals surface area contributed by atoms with E-state index in [2.05, 4.69) is 5.32 Å². The zero-order valence-electron chi connectivity index (χ0n) is 9.55. The maximum Gasteiger partial charge on any atom is 0.391 e. The molecule has 1 fully saturated rings. The molecule has 1 N–H and O–H groups in total. The topological polar surface area (TPSA) is 41.6 Å². The highest BCUT2D eigenvalue weighted by atomic mass is 19.4. The van der Waals surface area contributed by atoms with Crippen molar-refractivity contribution in [1.29, 1.82) is 0 Å². The maximum atomic E-state index is 11.8. The normalized spacial score (nSPS) is 17.9. The highest BCUT2D eigenvalue weighted by molar-refractivity contribution is 5.77. The van der Waals surface area contributed by atoms with Crippen molar-refractivity contribution in [1.82, 2.24) is 10.2 Å². The summed E-state index contributed by atoms with van der Waals surface area (Å²) < 4.78 is 40.1. The van der Waals surface area contributed by atoms with E-state index in [1.165, 1.54) is 0 Å². The number of nitrogens with one attached hydrogen (secondary N) is 1. The van der Waals surface area contributed by atoms with Crippen LogP contribution >= 0.6 is 0 Å². The van der Waals surface area contributed by atoms with Gasteiger partial charge >= 0.3 is 6.18 Å². The molecule has 1 aliphatic rings. The Bertz CT molecular complexity index is 238. The first-order chi connectivity index (χ1) is 7.99. The molecular weight excluding hydrogens is 237 g/mol. The van der Waals surface area contributed by atoms with E-state index in [0.717, 1.165) is 13.0 Å². The highest BCUT2D eigenvalue weighted by Crippen LogP contribution is 2.18. The largest absolute Gasteiger partial charge is 0.391 e. The van der Waals surface area contributed by atoms with E-state index in [0.29, 0.717) is 19.6 Å². The van der Waals surface area contributed by atoms with Gasteiger partial charge in [0.25, 0.3) is 0 Å². The van der Waals surface area contributed by atoms with Gasteiger partial charge in [-0.25, -0.2) is 0 Å². The number of hydrogen-bond donors (Lipinski definition) is 1. The molecule has 0 bridgehead atoms. The van der Waals surface area contributed by atoms with Gasteiger partial charge in [0.1, 0.15) is 6.61 Å². The molecule has 0 aromatic rings. The first-order valence-electron chi connectivity index (χ1n) is 5.62. The summed E-state index contributed by atoms with van der Waals surface area (Å²) in [6, 6.07) is 0. The average Bonchev–Trinajstić information content (AvgIpc) is 2.51. The molecule has 0 atom stereocenters. The minimum absolute atomic E-state index is 0.240. The number of nitrogens with zero attached hydrogens (tertiary/aromatic N) is 1. The van der Waals surface area contributed by atoms with E-state index in [4.69, 9.17) is 4.74 Å². The molecule has 4 nitrogen and oxygen atoms in total. The van der Waals surface area contributed by atoms with Gasteiger partial charge in [-0.05, 0) is 13.0 Å². The van der Waals surface area contributed by atoms with Gasteiger partial charge in [-0.3, -0.25) is 4.79 Å². The molecule has 100 valence electrons. The van der Waals surface area contributed by atoms with Crippen molar-refractivity contribution in [2.24, 2.45) is 0 Å². The lowest BCUT2D eigenvalue weighted by Crippen LogP contribution is -2.36. The van der Waals surface area contributed by atoms with Crippen molar-refractivity contribution in [3.63, 3.8) is 0 Å². The van der Waals surface area contributed by atoms with Crippen molar-refractivity contribution >= 4 is 5.91 Å². The highest BCUT2D eigenvalue weighted by Gasteiger charge is 2.26. The molecule has 17 heavy (non-hydrogen) atoms. The van der Waals surface area contributed by atoms with Crippen molar-refractivity contribution in [3.8, 4) is 0 Å². The second-order valence-corrected chi connectivity index (χ2v) is 3.90. The molecular formula is C10H17F3N2O2. The Balaban J connectivity index is 2.15. The van der Waals surface area contributed by atoms with Crippen molar-refractivity contribution in [2.45, 2.75) is 19.0 Å². The Kier molecular flexibility index (Phi) is 5.70. The van der Waals surface area contributed by atoms with Crippen LogP contribution in [0.2, 0.25) is 0 Å². The Morgan fingerprint density at radius 1 is 1.29 bits per heavy atom. The number of ether oxygens (including phenoxy) is 1. The standard InChI is InChI=1S/C10H17F3N2O2/c11-10(12,13)2-7-17-8-9(16)15-5-1-3-14-4-6-15/h14H,1-8H2. The van der Waals surface area contributed by atoms with Crippen LogP contribution in [0.25, 0.3) is 0 Å². The molecule has 1 rings (SSSR count). The summed E-state index contributed by atoms with van der Waals surface area (Å²) >= 11 is 0. The lowest BCUT2D eigenvalue weighted by Gasteiger charge is -2.19. The number of carbonyl (C=O) groups excluding carboxylic acids is 1. The third-order valence-corrected chi connectivity index (χ3v) is 2.45. The predicted octanol–water partition coefficient (Wildman–Crippen LogP) is 0.777. The first kappa shape index (κ1) is 14.2. The van der Waals surface area contributed by atoms with Crippen LogP contribution in [-0.4, -0.2) is 56.4 Å². The van der Waals surface area contributed by atoms with Gasteiger partial charge in [-0.15, -0.1) is 0 Å². The molecule has 0 aliphatic carbocycles. The molecule has 0 radical (unpaired) electrons. The van der Waals surface area contributed by atoms with E-state index >= 15 is 0 Å². The molecule has 0 unspecified atom stereocenters. The number of carbonyl (C=O) groups is 1. The van der Waals surface area contributed by atoms with Gasteiger partial charge in [-0.1, -0.05) is 0 Å². The fourth-order valence-corrected chi connectivity index (χ4v) is 1.53. The lowest BCUT2D eigenvalue weighted by molar-refractivity contribution is -0.151. The molecule has 1 aliphatic heterocycles. The van der Waals surface area contributed by atoms with Crippen LogP contribution in [0, 0.1) is 0 Å². The van der Waals surface area contributed by atoms with E-state index in [1.54, 1.807) is 4.90 Å². The molecule has 1 amide bonds. The van der Waals surface area contributed by atoms with Gasteiger partial charge in [-0.2, -0.15) is 13.2 Å². The summed E-state index contributed by atoms with van der Waals surface area (Å²) in [5.74, 6) is -0.240. The quantitative estimate of drug-likeness (QED) is 0.754. The molecule has 0 spiro atoms. The third-order valence-electron chi connectivity index (χ3n) is 2.45. The average molecular weight is 254 g/mol. The maximum absolute atomic E-state index is 11.8.